The van der Waals surface area contributed by atoms with Crippen molar-refractivity contribution in [1.82, 2.24) is 9.78 Å². The van der Waals surface area contributed by atoms with Crippen molar-refractivity contribution in [3.63, 3.8) is 0 Å². The zero-order valence-corrected chi connectivity index (χ0v) is 11.3. The van der Waals surface area contributed by atoms with Crippen LogP contribution >= 0.6 is 11.6 Å². The smallest absolute Gasteiger partial charge is 0.130 e. The van der Waals surface area contributed by atoms with Gasteiger partial charge in [0.2, 0.25) is 0 Å². The first kappa shape index (κ1) is 12.5. The molecule has 1 aliphatic heterocycles. The molecular weight excluding hydrogens is 264 g/mol. The molecule has 0 aliphatic carbocycles. The molecule has 1 unspecified atom stereocenters. The van der Waals surface area contributed by atoms with Gasteiger partial charge in [0.05, 0.1) is 12.3 Å². The predicted octanol–water partition coefficient (Wildman–Crippen LogP) is 3.11. The number of rotatable bonds is 2. The first-order valence-electron chi connectivity index (χ1n) is 6.34. The maximum absolute atomic E-state index is 10.2. The van der Waals surface area contributed by atoms with Crippen LogP contribution < -0.4 is 4.74 Å². The molecular formula is C14H15ClN2O2. The van der Waals surface area contributed by atoms with Gasteiger partial charge in [-0.25, -0.2) is 0 Å². The molecule has 2 aromatic rings. The van der Waals surface area contributed by atoms with E-state index in [1.165, 1.54) is 0 Å². The number of aryl methyl sites for hydroxylation is 1. The van der Waals surface area contributed by atoms with E-state index in [0.717, 1.165) is 17.7 Å². The van der Waals surface area contributed by atoms with Gasteiger partial charge in [-0.2, -0.15) is 5.10 Å². The molecule has 5 heteroatoms. The van der Waals surface area contributed by atoms with Crippen LogP contribution in [0.5, 0.6) is 5.75 Å². The second-order valence-corrected chi connectivity index (χ2v) is 5.11. The Bertz CT molecular complexity index is 597. The summed E-state index contributed by atoms with van der Waals surface area (Å²) in [6.45, 7) is 2.85. The first-order valence-corrected chi connectivity index (χ1v) is 6.71. The molecule has 0 bridgehead atoms. The second-order valence-electron chi connectivity index (χ2n) is 4.67. The Morgan fingerprint density at radius 1 is 1.53 bits per heavy atom. The number of aromatic nitrogens is 2. The summed E-state index contributed by atoms with van der Waals surface area (Å²) >= 11 is 5.94. The van der Waals surface area contributed by atoms with E-state index in [2.05, 4.69) is 5.10 Å². The number of aliphatic hydroxyl groups is 1. The maximum atomic E-state index is 10.2. The molecule has 2 heterocycles. The summed E-state index contributed by atoms with van der Waals surface area (Å²) in [5.74, 6) is 0.692. The van der Waals surface area contributed by atoms with Gasteiger partial charge in [-0.05, 0) is 25.1 Å². The summed E-state index contributed by atoms with van der Waals surface area (Å²) in [6, 6.07) is 5.33. The Kier molecular flexibility index (Phi) is 3.21. The van der Waals surface area contributed by atoms with E-state index < -0.39 is 6.10 Å². The van der Waals surface area contributed by atoms with Crippen molar-refractivity contribution in [2.75, 3.05) is 0 Å². The van der Waals surface area contributed by atoms with Gasteiger partial charge in [0.1, 0.15) is 11.9 Å². The number of halogens is 1. The van der Waals surface area contributed by atoms with Gasteiger partial charge >= 0.3 is 0 Å². The molecule has 1 N–H and O–H groups in total. The molecule has 0 spiro atoms. The lowest BCUT2D eigenvalue weighted by Gasteiger charge is -2.29. The fourth-order valence-electron chi connectivity index (χ4n) is 2.34. The Morgan fingerprint density at radius 2 is 2.37 bits per heavy atom. The molecule has 19 heavy (non-hydrogen) atoms. The molecule has 0 saturated heterocycles. The van der Waals surface area contributed by atoms with Crippen molar-refractivity contribution >= 4 is 11.6 Å². The van der Waals surface area contributed by atoms with E-state index in [1.54, 1.807) is 24.4 Å². The van der Waals surface area contributed by atoms with E-state index in [1.807, 2.05) is 17.8 Å². The molecule has 1 aromatic heterocycles. The largest absolute Gasteiger partial charge is 0.485 e. The van der Waals surface area contributed by atoms with Crippen LogP contribution in [0.3, 0.4) is 0 Å². The number of benzene rings is 1. The van der Waals surface area contributed by atoms with Gasteiger partial charge in [0.25, 0.3) is 0 Å². The van der Waals surface area contributed by atoms with E-state index in [9.17, 15) is 5.11 Å². The quantitative estimate of drug-likeness (QED) is 0.918. The minimum absolute atomic E-state index is 0.163. The lowest BCUT2D eigenvalue weighted by molar-refractivity contribution is 0.0657. The third-order valence-electron chi connectivity index (χ3n) is 3.39. The minimum Gasteiger partial charge on any atom is -0.485 e. The Hall–Kier alpha value is -1.52. The number of ether oxygens (including phenoxy) is 1. The van der Waals surface area contributed by atoms with Crippen LogP contribution in [0, 0.1) is 0 Å². The number of aliphatic hydroxyl groups excluding tert-OH is 1. The SMILES string of the molecule is CCn1cc(C2C[C@H](O)c3cc(Cl)ccc3O2)cn1. The normalized spacial score (nSPS) is 21.8. The summed E-state index contributed by atoms with van der Waals surface area (Å²) in [7, 11) is 0. The fraction of sp³-hybridized carbons (Fsp3) is 0.357. The average molecular weight is 279 g/mol. The average Bonchev–Trinajstić information content (AvgIpc) is 2.88. The van der Waals surface area contributed by atoms with Crippen molar-refractivity contribution in [1.29, 1.82) is 0 Å². The van der Waals surface area contributed by atoms with Gasteiger partial charge in [-0.1, -0.05) is 11.6 Å². The van der Waals surface area contributed by atoms with Crippen molar-refractivity contribution in [2.45, 2.75) is 32.1 Å². The van der Waals surface area contributed by atoms with E-state index >= 15 is 0 Å². The summed E-state index contributed by atoms with van der Waals surface area (Å²) in [6.07, 6.45) is 3.55. The zero-order valence-electron chi connectivity index (χ0n) is 10.6. The monoisotopic (exact) mass is 278 g/mol. The molecule has 1 aliphatic rings. The van der Waals surface area contributed by atoms with Crippen molar-refractivity contribution < 1.29 is 9.84 Å². The fourth-order valence-corrected chi connectivity index (χ4v) is 2.52. The standard InChI is InChI=1S/C14H15ClN2O2/c1-2-17-8-9(7-16-17)14-6-12(18)11-5-10(15)3-4-13(11)19-14/h3-5,7-8,12,14,18H,2,6H2,1H3/t12-,14?/m0/s1. The lowest BCUT2D eigenvalue weighted by Crippen LogP contribution is -2.18. The highest BCUT2D eigenvalue weighted by Gasteiger charge is 2.28. The minimum atomic E-state index is -0.558. The van der Waals surface area contributed by atoms with Crippen LogP contribution in [0.4, 0.5) is 0 Å². The molecule has 2 atom stereocenters. The Labute approximate surface area is 116 Å². The Morgan fingerprint density at radius 3 is 3.11 bits per heavy atom. The maximum Gasteiger partial charge on any atom is 0.130 e. The van der Waals surface area contributed by atoms with Gasteiger partial charge in [-0.3, -0.25) is 4.68 Å². The molecule has 3 rings (SSSR count). The molecule has 4 nitrogen and oxygen atoms in total. The zero-order chi connectivity index (χ0) is 13.4. The van der Waals surface area contributed by atoms with Crippen LogP contribution in [-0.4, -0.2) is 14.9 Å². The Balaban J connectivity index is 1.90. The predicted molar refractivity (Wildman–Crippen MR) is 72.3 cm³/mol. The molecule has 0 amide bonds. The second kappa shape index (κ2) is 4.87. The number of fused-ring (bicyclic) bond motifs is 1. The first-order chi connectivity index (χ1) is 9.17. The van der Waals surface area contributed by atoms with Crippen LogP contribution in [0.2, 0.25) is 5.02 Å². The van der Waals surface area contributed by atoms with Crippen LogP contribution in [0.1, 0.15) is 36.7 Å². The van der Waals surface area contributed by atoms with E-state index in [0.29, 0.717) is 17.2 Å². The van der Waals surface area contributed by atoms with Gasteiger partial charge in [0, 0.05) is 35.3 Å². The van der Waals surface area contributed by atoms with E-state index in [-0.39, 0.29) is 6.10 Å². The van der Waals surface area contributed by atoms with Crippen molar-refractivity contribution in [3.8, 4) is 5.75 Å². The summed E-state index contributed by atoms with van der Waals surface area (Å²) in [4.78, 5) is 0. The van der Waals surface area contributed by atoms with Crippen LogP contribution in [-0.2, 0) is 6.54 Å². The van der Waals surface area contributed by atoms with Crippen LogP contribution in [0.25, 0.3) is 0 Å². The number of hydrogen-bond donors (Lipinski definition) is 1. The van der Waals surface area contributed by atoms with Gasteiger partial charge in [-0.15, -0.1) is 0 Å². The van der Waals surface area contributed by atoms with Crippen LogP contribution in [0.15, 0.2) is 30.6 Å². The van der Waals surface area contributed by atoms with E-state index in [4.69, 9.17) is 16.3 Å². The summed E-state index contributed by atoms with van der Waals surface area (Å²) in [5.41, 5.74) is 1.74. The summed E-state index contributed by atoms with van der Waals surface area (Å²) in [5, 5.41) is 15.1. The third-order valence-corrected chi connectivity index (χ3v) is 3.62. The molecule has 0 fully saturated rings. The summed E-state index contributed by atoms with van der Waals surface area (Å²) < 4.78 is 7.78. The molecule has 0 radical (unpaired) electrons. The lowest BCUT2D eigenvalue weighted by atomic mass is 9.96. The molecule has 0 saturated carbocycles. The highest BCUT2D eigenvalue weighted by molar-refractivity contribution is 6.30. The van der Waals surface area contributed by atoms with Gasteiger partial charge in [0.15, 0.2) is 0 Å². The molecule has 100 valence electrons. The highest BCUT2D eigenvalue weighted by atomic mass is 35.5. The van der Waals surface area contributed by atoms with Crippen molar-refractivity contribution in [2.24, 2.45) is 0 Å². The third kappa shape index (κ3) is 2.33. The topological polar surface area (TPSA) is 47.3 Å². The van der Waals surface area contributed by atoms with Crippen molar-refractivity contribution in [3.05, 3.63) is 46.7 Å². The molecule has 1 aromatic carbocycles. The number of hydrogen-bond acceptors (Lipinski definition) is 3. The highest BCUT2D eigenvalue weighted by Crippen LogP contribution is 2.41. The number of nitrogens with zero attached hydrogens (tertiary/aromatic N) is 2. The van der Waals surface area contributed by atoms with Gasteiger partial charge < -0.3 is 9.84 Å².